The zero-order valence-electron chi connectivity index (χ0n) is 15.5. The highest BCUT2D eigenvalue weighted by atomic mass is 32.2. The summed E-state index contributed by atoms with van der Waals surface area (Å²) in [6.07, 6.45) is 0.950. The van der Waals surface area contributed by atoms with Crippen molar-refractivity contribution < 1.29 is 4.79 Å². The molecule has 27 heavy (non-hydrogen) atoms. The molecule has 0 bridgehead atoms. The Morgan fingerprint density at radius 2 is 2.11 bits per heavy atom. The molecule has 0 saturated heterocycles. The molecular formula is C19H22N4OS3. The Hall–Kier alpha value is -1.90. The molecule has 3 rings (SSSR count). The van der Waals surface area contributed by atoms with Crippen molar-refractivity contribution in [3.8, 4) is 0 Å². The number of hydrogen-bond acceptors (Lipinski definition) is 7. The number of amides is 1. The minimum Gasteiger partial charge on any atom is -0.350 e. The van der Waals surface area contributed by atoms with Gasteiger partial charge in [-0.05, 0) is 42.8 Å². The van der Waals surface area contributed by atoms with E-state index in [2.05, 4.69) is 52.9 Å². The maximum Gasteiger partial charge on any atom is 0.233 e. The summed E-state index contributed by atoms with van der Waals surface area (Å²) in [5, 5.41) is 17.3. The summed E-state index contributed by atoms with van der Waals surface area (Å²) in [6.45, 7) is 6.67. The molecule has 1 amide bonds. The zero-order valence-corrected chi connectivity index (χ0v) is 17.9. The van der Waals surface area contributed by atoms with Crippen LogP contribution in [0.1, 0.15) is 29.9 Å². The standard InChI is InChI=1S/C19H22N4OS3/c1-4-14-8-5-7-12(2)16(14)21-18-22-23-19(27-18)26-13(3)17(24)20-11-15-9-6-10-25-15/h5-10,13H,4,11H2,1-3H3,(H,20,24)(H,21,22). The highest BCUT2D eigenvalue weighted by Crippen LogP contribution is 2.32. The van der Waals surface area contributed by atoms with E-state index < -0.39 is 0 Å². The molecule has 0 radical (unpaired) electrons. The number of benzene rings is 1. The zero-order chi connectivity index (χ0) is 19.2. The third-order valence-electron chi connectivity index (χ3n) is 4.04. The Morgan fingerprint density at radius 3 is 2.85 bits per heavy atom. The van der Waals surface area contributed by atoms with Gasteiger partial charge < -0.3 is 10.6 Å². The van der Waals surface area contributed by atoms with E-state index in [4.69, 9.17) is 0 Å². The van der Waals surface area contributed by atoms with Crippen LogP contribution in [-0.4, -0.2) is 21.4 Å². The highest BCUT2D eigenvalue weighted by molar-refractivity contribution is 8.02. The van der Waals surface area contributed by atoms with Crippen LogP contribution in [0.5, 0.6) is 0 Å². The summed E-state index contributed by atoms with van der Waals surface area (Å²) < 4.78 is 0.780. The first kappa shape index (κ1) is 19.9. The van der Waals surface area contributed by atoms with E-state index in [0.29, 0.717) is 6.54 Å². The quantitative estimate of drug-likeness (QED) is 0.503. The Labute approximate surface area is 171 Å². The predicted molar refractivity (Wildman–Crippen MR) is 115 cm³/mol. The van der Waals surface area contributed by atoms with Gasteiger partial charge in [0.05, 0.1) is 11.8 Å². The molecule has 3 aromatic rings. The van der Waals surface area contributed by atoms with Crippen LogP contribution >= 0.6 is 34.4 Å². The first-order valence-electron chi connectivity index (χ1n) is 8.72. The van der Waals surface area contributed by atoms with Crippen LogP contribution in [0.2, 0.25) is 0 Å². The smallest absolute Gasteiger partial charge is 0.233 e. The maximum absolute atomic E-state index is 12.3. The Bertz CT molecular complexity index is 892. The second-order valence-corrected chi connectivity index (χ2v) is 9.62. The van der Waals surface area contributed by atoms with E-state index in [1.165, 1.54) is 34.2 Å². The van der Waals surface area contributed by atoms with Crippen molar-refractivity contribution >= 4 is 51.2 Å². The van der Waals surface area contributed by atoms with Gasteiger partial charge >= 0.3 is 0 Å². The number of aromatic nitrogens is 2. The number of para-hydroxylation sites is 1. The molecule has 0 aliphatic carbocycles. The second-order valence-electron chi connectivity index (χ2n) is 6.02. The highest BCUT2D eigenvalue weighted by Gasteiger charge is 2.17. The summed E-state index contributed by atoms with van der Waals surface area (Å²) in [7, 11) is 0. The van der Waals surface area contributed by atoms with Crippen molar-refractivity contribution in [2.24, 2.45) is 0 Å². The van der Waals surface area contributed by atoms with Crippen LogP contribution in [-0.2, 0) is 17.8 Å². The van der Waals surface area contributed by atoms with Gasteiger partial charge in [0.2, 0.25) is 11.0 Å². The fourth-order valence-corrected chi connectivity index (χ4v) is 5.12. The monoisotopic (exact) mass is 418 g/mol. The fraction of sp³-hybridized carbons (Fsp3) is 0.316. The number of rotatable bonds is 8. The fourth-order valence-electron chi connectivity index (χ4n) is 2.55. The van der Waals surface area contributed by atoms with Gasteiger partial charge in [0.1, 0.15) is 0 Å². The van der Waals surface area contributed by atoms with Crippen LogP contribution in [0, 0.1) is 6.92 Å². The summed E-state index contributed by atoms with van der Waals surface area (Å²) in [5.74, 6) is 0.00489. The molecular weight excluding hydrogens is 396 g/mol. The van der Waals surface area contributed by atoms with Gasteiger partial charge in [-0.25, -0.2) is 0 Å². The molecule has 0 aliphatic rings. The van der Waals surface area contributed by atoms with E-state index in [9.17, 15) is 4.79 Å². The second kappa shape index (κ2) is 9.34. The number of thioether (sulfide) groups is 1. The first-order chi connectivity index (χ1) is 13.1. The topological polar surface area (TPSA) is 66.9 Å². The Kier molecular flexibility index (Phi) is 6.87. The van der Waals surface area contributed by atoms with E-state index in [1.54, 1.807) is 11.3 Å². The number of aryl methyl sites for hydroxylation is 2. The largest absolute Gasteiger partial charge is 0.350 e. The molecule has 0 saturated carbocycles. The van der Waals surface area contributed by atoms with Crippen molar-refractivity contribution in [2.75, 3.05) is 5.32 Å². The van der Waals surface area contributed by atoms with E-state index in [-0.39, 0.29) is 11.2 Å². The van der Waals surface area contributed by atoms with Crippen molar-refractivity contribution in [3.63, 3.8) is 0 Å². The third-order valence-corrected chi connectivity index (χ3v) is 6.94. The number of anilines is 2. The Balaban J connectivity index is 1.58. The number of carbonyl (C=O) groups excluding carboxylic acids is 1. The van der Waals surface area contributed by atoms with E-state index in [0.717, 1.165) is 26.5 Å². The third kappa shape index (κ3) is 5.31. The molecule has 1 unspecified atom stereocenters. The molecule has 142 valence electrons. The van der Waals surface area contributed by atoms with E-state index >= 15 is 0 Å². The summed E-state index contributed by atoms with van der Waals surface area (Å²) >= 11 is 4.54. The summed E-state index contributed by atoms with van der Waals surface area (Å²) in [4.78, 5) is 13.4. The molecule has 2 heterocycles. The lowest BCUT2D eigenvalue weighted by atomic mass is 10.1. The van der Waals surface area contributed by atoms with Gasteiger partial charge in [-0.15, -0.1) is 21.5 Å². The maximum atomic E-state index is 12.3. The van der Waals surface area contributed by atoms with Crippen LogP contribution in [0.15, 0.2) is 40.1 Å². The number of nitrogens with one attached hydrogen (secondary N) is 2. The molecule has 5 nitrogen and oxygen atoms in total. The van der Waals surface area contributed by atoms with Crippen LogP contribution < -0.4 is 10.6 Å². The van der Waals surface area contributed by atoms with E-state index in [1.807, 2.05) is 24.4 Å². The molecule has 1 atom stereocenters. The molecule has 1 aromatic carbocycles. The van der Waals surface area contributed by atoms with Crippen LogP contribution in [0.4, 0.5) is 10.8 Å². The average Bonchev–Trinajstić information content (AvgIpc) is 3.33. The van der Waals surface area contributed by atoms with Crippen molar-refractivity contribution in [2.45, 2.75) is 43.3 Å². The summed E-state index contributed by atoms with van der Waals surface area (Å²) in [6, 6.07) is 10.3. The van der Waals surface area contributed by atoms with Gasteiger partial charge in [-0.3, -0.25) is 4.79 Å². The van der Waals surface area contributed by atoms with Gasteiger partial charge in [0, 0.05) is 10.6 Å². The first-order valence-corrected chi connectivity index (χ1v) is 11.3. The number of carbonyl (C=O) groups is 1. The SMILES string of the molecule is CCc1cccc(C)c1Nc1nnc(SC(C)C(=O)NCc2cccs2)s1. The number of thiophene rings is 1. The lowest BCUT2D eigenvalue weighted by molar-refractivity contribution is -0.120. The lowest BCUT2D eigenvalue weighted by Gasteiger charge is -2.11. The predicted octanol–water partition coefficient (Wildman–Crippen LogP) is 5.01. The molecule has 2 aromatic heterocycles. The van der Waals surface area contributed by atoms with Gasteiger partial charge in [0.25, 0.3) is 0 Å². The molecule has 2 N–H and O–H groups in total. The average molecular weight is 419 g/mol. The van der Waals surface area contributed by atoms with Crippen LogP contribution in [0.25, 0.3) is 0 Å². The van der Waals surface area contributed by atoms with Gasteiger partial charge in [-0.2, -0.15) is 0 Å². The van der Waals surface area contributed by atoms with Crippen molar-refractivity contribution in [1.29, 1.82) is 0 Å². The minimum atomic E-state index is -0.226. The normalized spacial score (nSPS) is 12.0. The van der Waals surface area contributed by atoms with Gasteiger partial charge in [0.15, 0.2) is 4.34 Å². The molecule has 8 heteroatoms. The minimum absolute atomic E-state index is 0.00489. The summed E-state index contributed by atoms with van der Waals surface area (Å²) in [5.41, 5.74) is 3.52. The van der Waals surface area contributed by atoms with Crippen molar-refractivity contribution in [1.82, 2.24) is 15.5 Å². The van der Waals surface area contributed by atoms with Crippen molar-refractivity contribution in [3.05, 3.63) is 51.7 Å². The number of hydrogen-bond donors (Lipinski definition) is 2. The molecule has 0 spiro atoms. The van der Waals surface area contributed by atoms with Gasteiger partial charge in [-0.1, -0.05) is 54.3 Å². The lowest BCUT2D eigenvalue weighted by Crippen LogP contribution is -2.30. The molecule has 0 aliphatic heterocycles. The number of nitrogens with zero attached hydrogens (tertiary/aromatic N) is 2. The Morgan fingerprint density at radius 1 is 1.26 bits per heavy atom. The van der Waals surface area contributed by atoms with Crippen LogP contribution in [0.3, 0.4) is 0 Å². The molecule has 0 fully saturated rings.